The average molecular weight is 526 g/mol. The second-order valence-corrected chi connectivity index (χ2v) is 11.2. The van der Waals surface area contributed by atoms with E-state index >= 15 is 0 Å². The standard InChI is InChI=1S/C23H33N3O.C9H22N2/c1-24(2)15-17-26(18-16-25(3)4)23(27)19-22(20-11-7-5-8-12-20)21-13-9-6-10-14-21;1-10(2)8-6-5-7-9-11(3)4/h5-14,22H,15-19H2,1-4H3;5-9H2,1-4H3. The van der Waals surface area contributed by atoms with E-state index in [0.717, 1.165) is 26.2 Å². The van der Waals surface area contributed by atoms with Gasteiger partial charge in [-0.05, 0) is 93.4 Å². The van der Waals surface area contributed by atoms with Gasteiger partial charge in [-0.1, -0.05) is 67.1 Å². The summed E-state index contributed by atoms with van der Waals surface area (Å²) in [5.41, 5.74) is 2.38. The first kappa shape index (κ1) is 33.8. The van der Waals surface area contributed by atoms with Gasteiger partial charge in [0.2, 0.25) is 5.91 Å². The van der Waals surface area contributed by atoms with Crippen LogP contribution in [0.5, 0.6) is 0 Å². The van der Waals surface area contributed by atoms with Crippen LogP contribution in [0.2, 0.25) is 0 Å². The lowest BCUT2D eigenvalue weighted by Gasteiger charge is -2.28. The molecule has 0 saturated heterocycles. The number of hydrogen-bond donors (Lipinski definition) is 0. The van der Waals surface area contributed by atoms with Gasteiger partial charge in [0.05, 0.1) is 0 Å². The van der Waals surface area contributed by atoms with Gasteiger partial charge in [-0.2, -0.15) is 0 Å². The van der Waals surface area contributed by atoms with Crippen molar-refractivity contribution in [1.29, 1.82) is 0 Å². The minimum Gasteiger partial charge on any atom is -0.340 e. The fourth-order valence-electron chi connectivity index (χ4n) is 4.14. The Kier molecular flexibility index (Phi) is 17.6. The summed E-state index contributed by atoms with van der Waals surface area (Å²) in [5, 5.41) is 0. The van der Waals surface area contributed by atoms with Gasteiger partial charge in [0, 0.05) is 38.5 Å². The minimum atomic E-state index is 0.0844. The highest BCUT2D eigenvalue weighted by Crippen LogP contribution is 2.28. The molecule has 1 amide bonds. The van der Waals surface area contributed by atoms with Crippen LogP contribution in [0, 0.1) is 0 Å². The van der Waals surface area contributed by atoms with Crippen LogP contribution >= 0.6 is 0 Å². The molecule has 0 aliphatic carbocycles. The van der Waals surface area contributed by atoms with Crippen LogP contribution in [0.4, 0.5) is 0 Å². The lowest BCUT2D eigenvalue weighted by atomic mass is 9.88. The van der Waals surface area contributed by atoms with Crippen molar-refractivity contribution >= 4 is 5.91 Å². The first-order chi connectivity index (χ1) is 18.1. The summed E-state index contributed by atoms with van der Waals surface area (Å²) in [5.74, 6) is 0.303. The lowest BCUT2D eigenvalue weighted by molar-refractivity contribution is -0.131. The molecule has 0 saturated carbocycles. The zero-order valence-electron chi connectivity index (χ0n) is 25.6. The Morgan fingerprint density at radius 3 is 1.24 bits per heavy atom. The monoisotopic (exact) mass is 525 g/mol. The molecule has 6 nitrogen and oxygen atoms in total. The summed E-state index contributed by atoms with van der Waals surface area (Å²) in [4.78, 5) is 24.0. The van der Waals surface area contributed by atoms with Crippen molar-refractivity contribution in [2.24, 2.45) is 0 Å². The summed E-state index contributed by atoms with van der Waals surface area (Å²) >= 11 is 0. The number of carbonyl (C=O) groups is 1. The third kappa shape index (κ3) is 15.9. The summed E-state index contributed by atoms with van der Waals surface area (Å²) in [6, 6.07) is 20.7. The molecule has 0 radical (unpaired) electrons. The van der Waals surface area contributed by atoms with Crippen molar-refractivity contribution < 1.29 is 4.79 Å². The van der Waals surface area contributed by atoms with Crippen LogP contribution in [-0.2, 0) is 4.79 Å². The van der Waals surface area contributed by atoms with E-state index in [1.807, 2.05) is 69.5 Å². The Balaban J connectivity index is 0.000000554. The van der Waals surface area contributed by atoms with E-state index in [1.54, 1.807) is 0 Å². The van der Waals surface area contributed by atoms with Gasteiger partial charge in [0.15, 0.2) is 0 Å². The first-order valence-electron chi connectivity index (χ1n) is 14.1. The number of carbonyl (C=O) groups excluding carboxylic acids is 1. The number of amides is 1. The fraction of sp³-hybridized carbons (Fsp3) is 0.594. The Morgan fingerprint density at radius 2 is 0.895 bits per heavy atom. The molecule has 0 aliphatic heterocycles. The van der Waals surface area contributed by atoms with Gasteiger partial charge >= 0.3 is 0 Å². The maximum atomic E-state index is 13.2. The molecule has 0 bridgehead atoms. The van der Waals surface area contributed by atoms with Crippen LogP contribution in [0.3, 0.4) is 0 Å². The predicted molar refractivity (Wildman–Crippen MR) is 164 cm³/mol. The quantitative estimate of drug-likeness (QED) is 0.303. The molecule has 0 aromatic heterocycles. The number of benzene rings is 2. The van der Waals surface area contributed by atoms with Gasteiger partial charge in [-0.15, -0.1) is 0 Å². The Hall–Kier alpha value is -2.25. The predicted octanol–water partition coefficient (Wildman–Crippen LogP) is 4.44. The molecule has 0 N–H and O–H groups in total. The van der Waals surface area contributed by atoms with Crippen LogP contribution in [-0.4, -0.2) is 126 Å². The molecule has 0 unspecified atom stereocenters. The van der Waals surface area contributed by atoms with Crippen molar-refractivity contribution in [3.63, 3.8) is 0 Å². The summed E-state index contributed by atoms with van der Waals surface area (Å²) in [7, 11) is 16.7. The number of likely N-dealkylation sites (N-methyl/N-ethyl adjacent to an activating group) is 2. The van der Waals surface area contributed by atoms with Gasteiger partial charge in [0.25, 0.3) is 0 Å². The van der Waals surface area contributed by atoms with E-state index in [0.29, 0.717) is 6.42 Å². The van der Waals surface area contributed by atoms with E-state index in [4.69, 9.17) is 0 Å². The number of nitrogens with zero attached hydrogens (tertiary/aromatic N) is 5. The summed E-state index contributed by atoms with van der Waals surface area (Å²) < 4.78 is 0. The molecule has 2 aromatic carbocycles. The Bertz CT molecular complexity index is 778. The van der Waals surface area contributed by atoms with Crippen LogP contribution < -0.4 is 0 Å². The summed E-state index contributed by atoms with van der Waals surface area (Å²) in [6.07, 6.45) is 4.52. The van der Waals surface area contributed by atoms with Crippen molar-refractivity contribution in [3.8, 4) is 0 Å². The molecule has 214 valence electrons. The molecule has 0 heterocycles. The first-order valence-corrected chi connectivity index (χ1v) is 14.1. The topological polar surface area (TPSA) is 33.3 Å². The zero-order chi connectivity index (χ0) is 28.3. The normalized spacial score (nSPS) is 11.4. The maximum absolute atomic E-state index is 13.2. The van der Waals surface area contributed by atoms with Crippen molar-refractivity contribution in [2.75, 3.05) is 95.6 Å². The van der Waals surface area contributed by atoms with Crippen LogP contribution in [0.25, 0.3) is 0 Å². The molecule has 6 heteroatoms. The SMILES string of the molecule is CN(C)CCCCCN(C)C.CN(C)CCN(CCN(C)C)C(=O)CC(c1ccccc1)c1ccccc1. The second-order valence-electron chi connectivity index (χ2n) is 11.2. The number of hydrogen-bond acceptors (Lipinski definition) is 5. The highest BCUT2D eigenvalue weighted by Gasteiger charge is 2.22. The zero-order valence-corrected chi connectivity index (χ0v) is 25.6. The highest BCUT2D eigenvalue weighted by atomic mass is 16.2. The second kappa shape index (κ2) is 19.8. The fourth-order valence-corrected chi connectivity index (χ4v) is 4.14. The Labute approximate surface area is 234 Å². The summed E-state index contributed by atoms with van der Waals surface area (Å²) in [6.45, 7) is 5.73. The smallest absolute Gasteiger partial charge is 0.223 e. The maximum Gasteiger partial charge on any atom is 0.223 e. The molecular weight excluding hydrogens is 470 g/mol. The lowest BCUT2D eigenvalue weighted by Crippen LogP contribution is -2.41. The van der Waals surface area contributed by atoms with E-state index < -0.39 is 0 Å². The van der Waals surface area contributed by atoms with Crippen LogP contribution in [0.15, 0.2) is 60.7 Å². The van der Waals surface area contributed by atoms with Gasteiger partial charge < -0.3 is 24.5 Å². The van der Waals surface area contributed by atoms with Gasteiger partial charge in [0.1, 0.15) is 0 Å². The molecule has 38 heavy (non-hydrogen) atoms. The van der Waals surface area contributed by atoms with Crippen molar-refractivity contribution in [3.05, 3.63) is 71.8 Å². The molecule has 0 spiro atoms. The number of unbranched alkanes of at least 4 members (excludes halogenated alkanes) is 2. The van der Waals surface area contributed by atoms with Crippen molar-refractivity contribution in [1.82, 2.24) is 24.5 Å². The van der Waals surface area contributed by atoms with E-state index in [-0.39, 0.29) is 11.8 Å². The third-order valence-corrected chi connectivity index (χ3v) is 6.48. The van der Waals surface area contributed by atoms with E-state index in [1.165, 1.54) is 43.5 Å². The highest BCUT2D eigenvalue weighted by molar-refractivity contribution is 5.78. The number of rotatable bonds is 16. The van der Waals surface area contributed by atoms with Gasteiger partial charge in [-0.25, -0.2) is 0 Å². The molecule has 0 fully saturated rings. The molecule has 2 aromatic rings. The molecule has 0 aliphatic rings. The van der Waals surface area contributed by atoms with Crippen molar-refractivity contribution in [2.45, 2.75) is 31.6 Å². The van der Waals surface area contributed by atoms with Gasteiger partial charge in [-0.3, -0.25) is 4.79 Å². The average Bonchev–Trinajstić information content (AvgIpc) is 2.87. The molecule has 2 rings (SSSR count). The molecule has 0 atom stereocenters. The van der Waals surface area contributed by atoms with E-state index in [9.17, 15) is 4.79 Å². The van der Waals surface area contributed by atoms with E-state index in [2.05, 4.69) is 72.1 Å². The third-order valence-electron chi connectivity index (χ3n) is 6.48. The van der Waals surface area contributed by atoms with Crippen LogP contribution in [0.1, 0.15) is 42.7 Å². The largest absolute Gasteiger partial charge is 0.340 e. The minimum absolute atomic E-state index is 0.0844. The molecular formula is C32H55N5O. The Morgan fingerprint density at radius 1 is 0.526 bits per heavy atom.